The zero-order valence-electron chi connectivity index (χ0n) is 19.7. The molecule has 0 atom stereocenters. The second kappa shape index (κ2) is 11.1. The van der Waals surface area contributed by atoms with Crippen molar-refractivity contribution in [2.75, 3.05) is 6.61 Å². The molecule has 2 amide bonds. The zero-order chi connectivity index (χ0) is 27.4. The topological polar surface area (TPSA) is 142 Å². The minimum atomic E-state index is -0.793. The fraction of sp³-hybridized carbons (Fsp3) is 0.120. The second-order valence-electron chi connectivity index (χ2n) is 7.80. The van der Waals surface area contributed by atoms with Crippen LogP contribution in [0.3, 0.4) is 0 Å². The molecule has 3 aromatic rings. The van der Waals surface area contributed by atoms with E-state index in [1.54, 1.807) is 13.0 Å². The Morgan fingerprint density at radius 1 is 0.947 bits per heavy atom. The molecular weight excluding hydrogens is 521 g/mol. The van der Waals surface area contributed by atoms with Gasteiger partial charge in [-0.25, -0.2) is 4.39 Å². The van der Waals surface area contributed by atoms with Crippen LogP contribution in [-0.4, -0.2) is 32.5 Å². The van der Waals surface area contributed by atoms with E-state index in [9.17, 15) is 34.2 Å². The third-order valence-corrected chi connectivity index (χ3v) is 6.17. The average Bonchev–Trinajstić information content (AvgIpc) is 3.14. The van der Waals surface area contributed by atoms with Gasteiger partial charge in [0, 0.05) is 6.07 Å². The van der Waals surface area contributed by atoms with Gasteiger partial charge < -0.3 is 9.47 Å². The quantitative estimate of drug-likeness (QED) is 0.180. The van der Waals surface area contributed by atoms with Gasteiger partial charge in [-0.1, -0.05) is 18.2 Å². The number of amides is 2. The number of hydrogen-bond donors (Lipinski definition) is 0. The molecule has 0 aliphatic carbocycles. The number of carbonyl (C=O) groups excluding carboxylic acids is 2. The molecule has 0 spiro atoms. The first-order chi connectivity index (χ1) is 18.2. The van der Waals surface area contributed by atoms with Gasteiger partial charge in [0.05, 0.1) is 34.0 Å². The molecule has 0 unspecified atom stereocenters. The van der Waals surface area contributed by atoms with Crippen LogP contribution in [0.15, 0.2) is 65.6 Å². The van der Waals surface area contributed by atoms with Crippen LogP contribution in [0.25, 0.3) is 6.08 Å². The molecular formula is C25H18FN3O8S. The summed E-state index contributed by atoms with van der Waals surface area (Å²) < 4.78 is 24.4. The molecule has 0 aromatic heterocycles. The number of rotatable bonds is 9. The Kier molecular flexibility index (Phi) is 7.67. The van der Waals surface area contributed by atoms with Crippen molar-refractivity contribution >= 4 is 40.4 Å². The maximum Gasteiger partial charge on any atom is 0.318 e. The van der Waals surface area contributed by atoms with Crippen molar-refractivity contribution in [3.8, 4) is 17.2 Å². The summed E-state index contributed by atoms with van der Waals surface area (Å²) in [7, 11) is 0. The van der Waals surface area contributed by atoms with E-state index in [2.05, 4.69) is 0 Å². The normalized spacial score (nSPS) is 14.2. The van der Waals surface area contributed by atoms with Crippen LogP contribution in [-0.2, 0) is 11.3 Å². The summed E-state index contributed by atoms with van der Waals surface area (Å²) in [6.45, 7) is 1.93. The first kappa shape index (κ1) is 26.3. The fourth-order valence-electron chi connectivity index (χ4n) is 3.49. The standard InChI is InChI=1S/C25H18FN3O8S/c1-2-36-22-11-16(5-9-21(22)37-20-10-8-18(28(32)33)13-19(20)29(34)35)12-23-24(30)27(25(31)38-23)14-15-3-6-17(26)7-4-15/h3-13H,2,14H2,1H3/b23-12+. The minimum absolute atomic E-state index is 0.00667. The third kappa shape index (κ3) is 5.78. The number of halogens is 1. The molecule has 0 saturated carbocycles. The van der Waals surface area contributed by atoms with E-state index in [1.165, 1.54) is 42.5 Å². The largest absolute Gasteiger partial charge is 0.490 e. The maximum absolute atomic E-state index is 13.2. The van der Waals surface area contributed by atoms with Crippen molar-refractivity contribution in [2.24, 2.45) is 0 Å². The lowest BCUT2D eigenvalue weighted by Crippen LogP contribution is -2.27. The van der Waals surface area contributed by atoms with Crippen LogP contribution in [0.1, 0.15) is 18.1 Å². The van der Waals surface area contributed by atoms with Crippen molar-refractivity contribution in [3.05, 3.63) is 103 Å². The molecule has 0 radical (unpaired) electrons. The number of nitro groups is 2. The molecule has 0 bridgehead atoms. The number of nitrogens with zero attached hydrogens (tertiary/aromatic N) is 3. The molecule has 1 aliphatic heterocycles. The zero-order valence-corrected chi connectivity index (χ0v) is 20.5. The summed E-state index contributed by atoms with van der Waals surface area (Å²) >= 11 is 0.756. The lowest BCUT2D eigenvalue weighted by molar-refractivity contribution is -0.394. The number of imide groups is 1. The number of hydrogen-bond acceptors (Lipinski definition) is 9. The smallest absolute Gasteiger partial charge is 0.318 e. The van der Waals surface area contributed by atoms with Gasteiger partial charge in [0.1, 0.15) is 5.82 Å². The number of nitro benzene ring substituents is 2. The Morgan fingerprint density at radius 3 is 2.32 bits per heavy atom. The number of benzene rings is 3. The average molecular weight is 539 g/mol. The van der Waals surface area contributed by atoms with Gasteiger partial charge in [-0.2, -0.15) is 0 Å². The van der Waals surface area contributed by atoms with Gasteiger partial charge in [-0.15, -0.1) is 0 Å². The molecule has 13 heteroatoms. The van der Waals surface area contributed by atoms with Crippen LogP contribution in [0.5, 0.6) is 17.2 Å². The van der Waals surface area contributed by atoms with Crippen LogP contribution in [0.2, 0.25) is 0 Å². The van der Waals surface area contributed by atoms with Crippen molar-refractivity contribution in [2.45, 2.75) is 13.5 Å². The van der Waals surface area contributed by atoms with Crippen molar-refractivity contribution in [1.82, 2.24) is 4.90 Å². The SMILES string of the molecule is CCOc1cc(/C=C2/SC(=O)N(Cc3ccc(F)cc3)C2=O)ccc1Oc1ccc([N+](=O)[O-])cc1[N+](=O)[O-]. The predicted octanol–water partition coefficient (Wildman–Crippen LogP) is 6.07. The summed E-state index contributed by atoms with van der Waals surface area (Å²) in [4.78, 5) is 47.4. The first-order valence-corrected chi connectivity index (χ1v) is 11.8. The second-order valence-corrected chi connectivity index (χ2v) is 8.80. The predicted molar refractivity (Wildman–Crippen MR) is 135 cm³/mol. The number of carbonyl (C=O) groups is 2. The molecule has 194 valence electrons. The minimum Gasteiger partial charge on any atom is -0.490 e. The first-order valence-electron chi connectivity index (χ1n) is 11.0. The van der Waals surface area contributed by atoms with Gasteiger partial charge in [0.25, 0.3) is 16.8 Å². The number of non-ortho nitro benzene ring substituents is 1. The molecule has 1 saturated heterocycles. The highest BCUT2D eigenvalue weighted by Crippen LogP contribution is 2.40. The Labute approximate surface area is 218 Å². The molecule has 4 rings (SSSR count). The van der Waals surface area contributed by atoms with Gasteiger partial charge in [-0.3, -0.25) is 34.7 Å². The number of thioether (sulfide) groups is 1. The Balaban J connectivity index is 1.59. The summed E-state index contributed by atoms with van der Waals surface area (Å²) in [6.07, 6.45) is 1.50. The maximum atomic E-state index is 13.2. The van der Waals surface area contributed by atoms with Crippen LogP contribution in [0.4, 0.5) is 20.6 Å². The van der Waals surface area contributed by atoms with Crippen LogP contribution < -0.4 is 9.47 Å². The Bertz CT molecular complexity index is 1480. The summed E-state index contributed by atoms with van der Waals surface area (Å²) in [6, 6.07) is 13.0. The molecule has 1 aliphatic rings. The van der Waals surface area contributed by atoms with E-state index >= 15 is 0 Å². The van der Waals surface area contributed by atoms with E-state index in [-0.39, 0.29) is 35.3 Å². The molecule has 3 aromatic carbocycles. The van der Waals surface area contributed by atoms with Crippen molar-refractivity contribution in [1.29, 1.82) is 0 Å². The molecule has 38 heavy (non-hydrogen) atoms. The van der Waals surface area contributed by atoms with Gasteiger partial charge in [-0.05, 0) is 66.2 Å². The summed E-state index contributed by atoms with van der Waals surface area (Å²) in [5.74, 6) is -0.867. The molecule has 1 fully saturated rings. The van der Waals surface area contributed by atoms with Gasteiger partial charge in [0.2, 0.25) is 5.75 Å². The van der Waals surface area contributed by atoms with E-state index in [0.717, 1.165) is 34.9 Å². The lowest BCUT2D eigenvalue weighted by Gasteiger charge is -2.13. The summed E-state index contributed by atoms with van der Waals surface area (Å²) in [5, 5.41) is 22.0. The van der Waals surface area contributed by atoms with E-state index in [4.69, 9.17) is 9.47 Å². The Hall–Kier alpha value is -4.78. The highest BCUT2D eigenvalue weighted by molar-refractivity contribution is 8.18. The van der Waals surface area contributed by atoms with E-state index in [1.807, 2.05) is 0 Å². The van der Waals surface area contributed by atoms with Gasteiger partial charge >= 0.3 is 5.69 Å². The lowest BCUT2D eigenvalue weighted by atomic mass is 10.1. The van der Waals surface area contributed by atoms with Crippen molar-refractivity contribution < 1.29 is 33.3 Å². The molecule has 0 N–H and O–H groups in total. The van der Waals surface area contributed by atoms with E-state index in [0.29, 0.717) is 11.1 Å². The Morgan fingerprint density at radius 2 is 1.66 bits per heavy atom. The van der Waals surface area contributed by atoms with Crippen molar-refractivity contribution in [3.63, 3.8) is 0 Å². The molecule has 11 nitrogen and oxygen atoms in total. The van der Waals surface area contributed by atoms with Crippen LogP contribution >= 0.6 is 11.8 Å². The highest BCUT2D eigenvalue weighted by atomic mass is 32.2. The van der Waals surface area contributed by atoms with Crippen LogP contribution in [0, 0.1) is 26.0 Å². The summed E-state index contributed by atoms with van der Waals surface area (Å²) in [5.41, 5.74) is 0.0278. The fourth-order valence-corrected chi connectivity index (χ4v) is 4.33. The highest BCUT2D eigenvalue weighted by Gasteiger charge is 2.35. The van der Waals surface area contributed by atoms with Gasteiger partial charge in [0.15, 0.2) is 11.5 Å². The number of ether oxygens (including phenoxy) is 2. The van der Waals surface area contributed by atoms with E-state index < -0.39 is 38.2 Å². The third-order valence-electron chi connectivity index (χ3n) is 5.26. The monoisotopic (exact) mass is 539 g/mol. The molecule has 1 heterocycles.